The number of urea groups is 1. The standard InChI is InChI=1S/C15H13ClF2N2O2/c16-10-3-6-12(18)13(7-10)20-15(22)19-8-14(21)9-1-4-11(17)5-2-9/h1-7,14,21H,8H2,(H2,19,20,22). The molecule has 0 heterocycles. The maximum Gasteiger partial charge on any atom is 0.319 e. The summed E-state index contributed by atoms with van der Waals surface area (Å²) < 4.78 is 26.2. The van der Waals surface area contributed by atoms with E-state index in [1.54, 1.807) is 0 Å². The van der Waals surface area contributed by atoms with Gasteiger partial charge in [-0.3, -0.25) is 0 Å². The molecule has 0 aliphatic rings. The Morgan fingerprint density at radius 2 is 1.86 bits per heavy atom. The Hall–Kier alpha value is -2.18. The van der Waals surface area contributed by atoms with Gasteiger partial charge >= 0.3 is 6.03 Å². The van der Waals surface area contributed by atoms with E-state index in [1.165, 1.54) is 36.4 Å². The average molecular weight is 327 g/mol. The maximum atomic E-state index is 13.4. The Morgan fingerprint density at radius 1 is 1.18 bits per heavy atom. The number of aliphatic hydroxyl groups is 1. The number of rotatable bonds is 4. The van der Waals surface area contributed by atoms with E-state index in [0.717, 1.165) is 6.07 Å². The third-order valence-corrected chi connectivity index (χ3v) is 3.12. The summed E-state index contributed by atoms with van der Waals surface area (Å²) in [6.07, 6.45) is -1.00. The number of aliphatic hydroxyl groups excluding tert-OH is 1. The van der Waals surface area contributed by atoms with Gasteiger partial charge < -0.3 is 15.7 Å². The van der Waals surface area contributed by atoms with Crippen LogP contribution in [0.5, 0.6) is 0 Å². The number of amides is 2. The molecule has 1 atom stereocenters. The van der Waals surface area contributed by atoms with Crippen LogP contribution in [0.4, 0.5) is 19.3 Å². The van der Waals surface area contributed by atoms with Gasteiger partial charge in [0.2, 0.25) is 0 Å². The molecule has 0 fully saturated rings. The van der Waals surface area contributed by atoms with Gasteiger partial charge in [-0.1, -0.05) is 23.7 Å². The molecule has 0 bridgehead atoms. The van der Waals surface area contributed by atoms with Gasteiger partial charge in [0.05, 0.1) is 11.8 Å². The molecule has 0 saturated carbocycles. The van der Waals surface area contributed by atoms with E-state index in [0.29, 0.717) is 5.56 Å². The largest absolute Gasteiger partial charge is 0.387 e. The molecule has 2 rings (SSSR count). The molecule has 7 heteroatoms. The minimum atomic E-state index is -1.00. The fraction of sp³-hybridized carbons (Fsp3) is 0.133. The van der Waals surface area contributed by atoms with Gasteiger partial charge in [0.25, 0.3) is 0 Å². The summed E-state index contributed by atoms with van der Waals surface area (Å²) in [5.41, 5.74) is 0.386. The number of carbonyl (C=O) groups is 1. The van der Waals surface area contributed by atoms with E-state index in [4.69, 9.17) is 11.6 Å². The van der Waals surface area contributed by atoms with Gasteiger partial charge in [-0.05, 0) is 35.9 Å². The summed E-state index contributed by atoms with van der Waals surface area (Å²) in [5, 5.41) is 14.8. The van der Waals surface area contributed by atoms with E-state index < -0.39 is 23.8 Å². The van der Waals surface area contributed by atoms with Crippen LogP contribution < -0.4 is 10.6 Å². The highest BCUT2D eigenvalue weighted by molar-refractivity contribution is 6.30. The van der Waals surface area contributed by atoms with Crippen LogP contribution in [0.25, 0.3) is 0 Å². The third kappa shape index (κ3) is 4.41. The summed E-state index contributed by atoms with van der Waals surface area (Å²) in [5.74, 6) is -1.04. The Kier molecular flexibility index (Phi) is 5.30. The van der Waals surface area contributed by atoms with Crippen molar-refractivity contribution in [2.75, 3.05) is 11.9 Å². The molecule has 0 aromatic heterocycles. The summed E-state index contributed by atoms with van der Waals surface area (Å²) >= 11 is 5.71. The molecule has 2 amide bonds. The summed E-state index contributed by atoms with van der Waals surface area (Å²) in [4.78, 5) is 11.7. The fourth-order valence-electron chi connectivity index (χ4n) is 1.75. The van der Waals surface area contributed by atoms with Crippen molar-refractivity contribution in [2.45, 2.75) is 6.10 Å². The lowest BCUT2D eigenvalue weighted by atomic mass is 10.1. The van der Waals surface area contributed by atoms with E-state index in [9.17, 15) is 18.7 Å². The number of hydrogen-bond donors (Lipinski definition) is 3. The molecule has 2 aromatic carbocycles. The molecule has 0 radical (unpaired) electrons. The molecular formula is C15H13ClF2N2O2. The van der Waals surface area contributed by atoms with E-state index in [2.05, 4.69) is 10.6 Å². The number of hydrogen-bond acceptors (Lipinski definition) is 2. The minimum Gasteiger partial charge on any atom is -0.387 e. The highest BCUT2D eigenvalue weighted by Crippen LogP contribution is 2.19. The molecule has 4 nitrogen and oxygen atoms in total. The highest BCUT2D eigenvalue weighted by atomic mass is 35.5. The zero-order chi connectivity index (χ0) is 16.1. The van der Waals surface area contributed by atoms with E-state index in [1.807, 2.05) is 0 Å². The van der Waals surface area contributed by atoms with Crippen LogP contribution in [0.15, 0.2) is 42.5 Å². The van der Waals surface area contributed by atoms with Crippen LogP contribution in [-0.2, 0) is 0 Å². The summed E-state index contributed by atoms with van der Waals surface area (Å²) in [6, 6.07) is 8.31. The molecule has 0 aliphatic heterocycles. The van der Waals surface area contributed by atoms with Crippen LogP contribution in [-0.4, -0.2) is 17.7 Å². The Labute approximate surface area is 130 Å². The molecule has 0 spiro atoms. The molecule has 2 aromatic rings. The lowest BCUT2D eigenvalue weighted by molar-refractivity contribution is 0.175. The molecule has 3 N–H and O–H groups in total. The molecule has 0 saturated heterocycles. The molecule has 1 unspecified atom stereocenters. The van der Waals surface area contributed by atoms with Gasteiger partial charge in [-0.2, -0.15) is 0 Å². The number of anilines is 1. The van der Waals surface area contributed by atoms with Crippen molar-refractivity contribution in [3.63, 3.8) is 0 Å². The third-order valence-electron chi connectivity index (χ3n) is 2.89. The van der Waals surface area contributed by atoms with Crippen LogP contribution in [0.1, 0.15) is 11.7 Å². The van der Waals surface area contributed by atoms with E-state index in [-0.39, 0.29) is 17.3 Å². The molecule has 22 heavy (non-hydrogen) atoms. The zero-order valence-corrected chi connectivity index (χ0v) is 12.1. The van der Waals surface area contributed by atoms with Crippen molar-refractivity contribution < 1.29 is 18.7 Å². The van der Waals surface area contributed by atoms with Gasteiger partial charge in [0.1, 0.15) is 11.6 Å². The Balaban J connectivity index is 1.89. The van der Waals surface area contributed by atoms with Crippen molar-refractivity contribution in [1.29, 1.82) is 0 Å². The monoisotopic (exact) mass is 326 g/mol. The smallest absolute Gasteiger partial charge is 0.319 e. The topological polar surface area (TPSA) is 61.4 Å². The lowest BCUT2D eigenvalue weighted by Gasteiger charge is -2.13. The van der Waals surface area contributed by atoms with Gasteiger partial charge in [-0.15, -0.1) is 0 Å². The summed E-state index contributed by atoms with van der Waals surface area (Å²) in [6.45, 7) is -0.111. The number of halogens is 3. The first-order valence-electron chi connectivity index (χ1n) is 6.39. The molecule has 116 valence electrons. The normalized spacial score (nSPS) is 11.8. The van der Waals surface area contributed by atoms with Gasteiger partial charge in [0, 0.05) is 11.6 Å². The second kappa shape index (κ2) is 7.20. The number of benzene rings is 2. The zero-order valence-electron chi connectivity index (χ0n) is 11.3. The SMILES string of the molecule is O=C(NCC(O)c1ccc(F)cc1)Nc1cc(Cl)ccc1F. The van der Waals surface area contributed by atoms with E-state index >= 15 is 0 Å². The fourth-order valence-corrected chi connectivity index (χ4v) is 1.92. The van der Waals surface area contributed by atoms with Crippen molar-refractivity contribution in [1.82, 2.24) is 5.32 Å². The predicted molar refractivity (Wildman–Crippen MR) is 79.8 cm³/mol. The van der Waals surface area contributed by atoms with Crippen molar-refractivity contribution in [3.05, 3.63) is 64.7 Å². The minimum absolute atomic E-state index is 0.0683. The molecule has 0 aliphatic carbocycles. The first kappa shape index (κ1) is 16.2. The van der Waals surface area contributed by atoms with Crippen LogP contribution in [0, 0.1) is 11.6 Å². The highest BCUT2D eigenvalue weighted by Gasteiger charge is 2.11. The maximum absolute atomic E-state index is 13.4. The van der Waals surface area contributed by atoms with Crippen molar-refractivity contribution in [2.24, 2.45) is 0 Å². The lowest BCUT2D eigenvalue weighted by Crippen LogP contribution is -2.32. The molecular weight excluding hydrogens is 314 g/mol. The second-order valence-electron chi connectivity index (χ2n) is 4.53. The van der Waals surface area contributed by atoms with Crippen LogP contribution >= 0.6 is 11.6 Å². The van der Waals surface area contributed by atoms with Crippen molar-refractivity contribution >= 4 is 23.3 Å². The van der Waals surface area contributed by atoms with Gasteiger partial charge in [0.15, 0.2) is 0 Å². The average Bonchev–Trinajstić information content (AvgIpc) is 2.49. The van der Waals surface area contributed by atoms with Gasteiger partial charge in [-0.25, -0.2) is 13.6 Å². The Morgan fingerprint density at radius 3 is 2.55 bits per heavy atom. The van der Waals surface area contributed by atoms with Crippen LogP contribution in [0.2, 0.25) is 5.02 Å². The quantitative estimate of drug-likeness (QED) is 0.805. The first-order valence-corrected chi connectivity index (χ1v) is 6.77. The summed E-state index contributed by atoms with van der Waals surface area (Å²) in [7, 11) is 0. The second-order valence-corrected chi connectivity index (χ2v) is 4.96. The first-order chi connectivity index (χ1) is 10.5. The van der Waals surface area contributed by atoms with Crippen molar-refractivity contribution in [3.8, 4) is 0 Å². The number of nitrogens with one attached hydrogen (secondary N) is 2. The van der Waals surface area contributed by atoms with Crippen LogP contribution in [0.3, 0.4) is 0 Å². The predicted octanol–water partition coefficient (Wildman–Crippen LogP) is 3.47. The number of carbonyl (C=O) groups excluding carboxylic acids is 1. The Bertz CT molecular complexity index is 665.